The molecule has 4 nitrogen and oxygen atoms in total. The third kappa shape index (κ3) is 2.78. The molecule has 0 aliphatic rings. The van der Waals surface area contributed by atoms with Crippen LogP contribution in [-0.2, 0) is 10.0 Å². The second-order valence-corrected chi connectivity index (χ2v) is 5.09. The molecule has 0 heterocycles. The molecule has 0 spiro atoms. The van der Waals surface area contributed by atoms with Gasteiger partial charge in [-0.1, -0.05) is 11.6 Å². The summed E-state index contributed by atoms with van der Waals surface area (Å²) in [7, 11) is -3.31. The Morgan fingerprint density at radius 3 is 2.64 bits per heavy atom. The van der Waals surface area contributed by atoms with Crippen LogP contribution in [0.5, 0.6) is 5.75 Å². The van der Waals surface area contributed by atoms with Crippen LogP contribution in [0.3, 0.4) is 0 Å². The fourth-order valence-corrected chi connectivity index (χ4v) is 1.58. The molecule has 0 saturated carbocycles. The molecule has 0 aromatic heterocycles. The van der Waals surface area contributed by atoms with Gasteiger partial charge in [-0.05, 0) is 19.1 Å². The van der Waals surface area contributed by atoms with Gasteiger partial charge in [-0.3, -0.25) is 4.72 Å². The van der Waals surface area contributed by atoms with Crippen LogP contribution in [0.1, 0.15) is 6.92 Å². The molecule has 0 atom stereocenters. The van der Waals surface area contributed by atoms with E-state index in [0.29, 0.717) is 5.69 Å². The van der Waals surface area contributed by atoms with Crippen LogP contribution in [0.15, 0.2) is 18.2 Å². The number of phenols is 1. The molecule has 78 valence electrons. The summed E-state index contributed by atoms with van der Waals surface area (Å²) in [4.78, 5) is 0. The Hall–Kier alpha value is -0.940. The minimum Gasteiger partial charge on any atom is -0.506 e. The Morgan fingerprint density at radius 1 is 1.50 bits per heavy atom. The van der Waals surface area contributed by atoms with Crippen molar-refractivity contribution in [3.63, 3.8) is 0 Å². The Morgan fingerprint density at radius 2 is 2.14 bits per heavy atom. The molecule has 0 aliphatic heterocycles. The molecule has 1 aromatic rings. The molecule has 0 amide bonds. The summed E-state index contributed by atoms with van der Waals surface area (Å²) in [5, 5.41) is 9.39. The largest absolute Gasteiger partial charge is 0.506 e. The Bertz CT molecular complexity index is 430. The lowest BCUT2D eigenvalue weighted by molar-refractivity contribution is 0.476. The second-order valence-electron chi connectivity index (χ2n) is 2.67. The number of rotatable bonds is 3. The number of phenolic OH excluding ortho intramolecular Hbond substituents is 1. The molecular formula is C8H10ClNO3S. The van der Waals surface area contributed by atoms with Gasteiger partial charge in [0.2, 0.25) is 10.0 Å². The van der Waals surface area contributed by atoms with Crippen molar-refractivity contribution in [2.45, 2.75) is 6.92 Å². The van der Waals surface area contributed by atoms with Crippen LogP contribution in [0.2, 0.25) is 5.02 Å². The molecule has 2 N–H and O–H groups in total. The highest BCUT2D eigenvalue weighted by atomic mass is 35.5. The molecule has 1 rings (SSSR count). The van der Waals surface area contributed by atoms with E-state index >= 15 is 0 Å². The number of sulfonamides is 1. The van der Waals surface area contributed by atoms with Gasteiger partial charge >= 0.3 is 0 Å². The fraction of sp³-hybridized carbons (Fsp3) is 0.250. The van der Waals surface area contributed by atoms with Crippen LogP contribution < -0.4 is 4.72 Å². The molecule has 0 saturated heterocycles. The van der Waals surface area contributed by atoms with Gasteiger partial charge in [0.25, 0.3) is 0 Å². The third-order valence-electron chi connectivity index (χ3n) is 1.60. The van der Waals surface area contributed by atoms with Crippen molar-refractivity contribution in [3.05, 3.63) is 23.2 Å². The zero-order chi connectivity index (χ0) is 10.8. The highest BCUT2D eigenvalue weighted by Crippen LogP contribution is 2.26. The first-order chi connectivity index (χ1) is 6.44. The van der Waals surface area contributed by atoms with Gasteiger partial charge in [0, 0.05) is 6.07 Å². The monoisotopic (exact) mass is 235 g/mol. The maximum atomic E-state index is 11.1. The first kappa shape index (κ1) is 11.1. The predicted octanol–water partition coefficient (Wildman–Crippen LogP) is 1.81. The van der Waals surface area contributed by atoms with Crippen LogP contribution in [0, 0.1) is 0 Å². The first-order valence-electron chi connectivity index (χ1n) is 3.93. The SMILES string of the molecule is CCS(=O)(=O)Nc1ccc(Cl)c(O)c1. The molecule has 0 radical (unpaired) electrons. The highest BCUT2D eigenvalue weighted by molar-refractivity contribution is 7.92. The van der Waals surface area contributed by atoms with Crippen molar-refractivity contribution in [2.24, 2.45) is 0 Å². The molecule has 0 unspecified atom stereocenters. The first-order valence-corrected chi connectivity index (χ1v) is 5.96. The van der Waals surface area contributed by atoms with E-state index in [1.165, 1.54) is 25.1 Å². The van der Waals surface area contributed by atoms with Gasteiger partial charge in [-0.25, -0.2) is 8.42 Å². The van der Waals surface area contributed by atoms with Crippen molar-refractivity contribution in [2.75, 3.05) is 10.5 Å². The Labute approximate surface area is 87.6 Å². The number of anilines is 1. The number of hydrogen-bond acceptors (Lipinski definition) is 3. The minimum absolute atomic E-state index is 0.0175. The zero-order valence-electron chi connectivity index (χ0n) is 7.49. The minimum atomic E-state index is -3.31. The van der Waals surface area contributed by atoms with E-state index in [2.05, 4.69) is 4.72 Å². The van der Waals surface area contributed by atoms with Gasteiger partial charge in [-0.2, -0.15) is 0 Å². The van der Waals surface area contributed by atoms with Crippen molar-refractivity contribution in [1.29, 1.82) is 0 Å². The molecule has 14 heavy (non-hydrogen) atoms. The topological polar surface area (TPSA) is 66.4 Å². The predicted molar refractivity (Wildman–Crippen MR) is 56.2 cm³/mol. The van der Waals surface area contributed by atoms with Crippen LogP contribution >= 0.6 is 11.6 Å². The quantitative estimate of drug-likeness (QED) is 0.840. The summed E-state index contributed by atoms with van der Waals surface area (Å²) in [5.41, 5.74) is 0.300. The van der Waals surface area contributed by atoms with Gasteiger partial charge in [0.05, 0.1) is 16.5 Å². The smallest absolute Gasteiger partial charge is 0.232 e. The van der Waals surface area contributed by atoms with Gasteiger partial charge in [0.15, 0.2) is 0 Å². The zero-order valence-corrected chi connectivity index (χ0v) is 9.06. The molecule has 0 aliphatic carbocycles. The maximum Gasteiger partial charge on any atom is 0.232 e. The van der Waals surface area contributed by atoms with E-state index in [-0.39, 0.29) is 16.5 Å². The highest BCUT2D eigenvalue weighted by Gasteiger charge is 2.07. The van der Waals surface area contributed by atoms with Crippen molar-refractivity contribution >= 4 is 27.3 Å². The summed E-state index contributed by atoms with van der Waals surface area (Å²) < 4.78 is 24.6. The van der Waals surface area contributed by atoms with Crippen LogP contribution in [0.25, 0.3) is 0 Å². The summed E-state index contributed by atoms with van der Waals surface area (Å²) in [5.74, 6) is -0.167. The normalized spacial score (nSPS) is 11.3. The molecule has 0 bridgehead atoms. The molecule has 1 aromatic carbocycles. The third-order valence-corrected chi connectivity index (χ3v) is 3.23. The van der Waals surface area contributed by atoms with Crippen molar-refractivity contribution in [3.8, 4) is 5.75 Å². The summed E-state index contributed by atoms with van der Waals surface area (Å²) in [6.45, 7) is 1.53. The Balaban J connectivity index is 2.94. The summed E-state index contributed by atoms with van der Waals surface area (Å²) in [6.07, 6.45) is 0. The fourth-order valence-electron chi connectivity index (χ4n) is 0.828. The summed E-state index contributed by atoms with van der Waals surface area (Å²) >= 11 is 5.56. The molecule has 0 fully saturated rings. The second kappa shape index (κ2) is 4.06. The molecule has 6 heteroatoms. The summed E-state index contributed by atoms with van der Waals surface area (Å²) in [6, 6.07) is 4.16. The van der Waals surface area contributed by atoms with Gasteiger partial charge in [-0.15, -0.1) is 0 Å². The van der Waals surface area contributed by atoms with E-state index in [0.717, 1.165) is 0 Å². The average Bonchev–Trinajstić information content (AvgIpc) is 2.11. The number of aromatic hydroxyl groups is 1. The molecular weight excluding hydrogens is 226 g/mol. The van der Waals surface area contributed by atoms with Gasteiger partial charge < -0.3 is 5.11 Å². The van der Waals surface area contributed by atoms with E-state index in [1.807, 2.05) is 0 Å². The lowest BCUT2D eigenvalue weighted by Crippen LogP contribution is -2.14. The van der Waals surface area contributed by atoms with E-state index < -0.39 is 10.0 Å². The average molecular weight is 236 g/mol. The van der Waals surface area contributed by atoms with E-state index in [9.17, 15) is 13.5 Å². The van der Waals surface area contributed by atoms with Crippen molar-refractivity contribution < 1.29 is 13.5 Å². The van der Waals surface area contributed by atoms with Crippen molar-refractivity contribution in [1.82, 2.24) is 0 Å². The standard InChI is InChI=1S/C8H10ClNO3S/c1-2-14(12,13)10-6-3-4-7(9)8(11)5-6/h3-5,10-11H,2H2,1H3. The van der Waals surface area contributed by atoms with E-state index in [4.69, 9.17) is 11.6 Å². The lowest BCUT2D eigenvalue weighted by Gasteiger charge is -2.06. The van der Waals surface area contributed by atoms with E-state index in [1.54, 1.807) is 0 Å². The lowest BCUT2D eigenvalue weighted by atomic mass is 10.3. The number of halogens is 1. The number of benzene rings is 1. The Kier molecular flexibility index (Phi) is 3.23. The van der Waals surface area contributed by atoms with Crippen LogP contribution in [0.4, 0.5) is 5.69 Å². The number of nitrogens with one attached hydrogen (secondary N) is 1. The van der Waals surface area contributed by atoms with Crippen LogP contribution in [-0.4, -0.2) is 19.3 Å². The number of hydrogen-bond donors (Lipinski definition) is 2. The maximum absolute atomic E-state index is 11.1. The van der Waals surface area contributed by atoms with Gasteiger partial charge in [0.1, 0.15) is 5.75 Å².